The molecule has 1 saturated heterocycles. The van der Waals surface area contributed by atoms with Crippen molar-refractivity contribution in [3.05, 3.63) is 42.7 Å². The van der Waals surface area contributed by atoms with Crippen LogP contribution in [-0.4, -0.2) is 64.3 Å². The highest BCUT2D eigenvalue weighted by molar-refractivity contribution is 6.01. The summed E-state index contributed by atoms with van der Waals surface area (Å²) < 4.78 is 0. The molecule has 192 valence electrons. The molecule has 2 aliphatic rings. The first-order valence-corrected chi connectivity index (χ1v) is 12.9. The first-order valence-electron chi connectivity index (χ1n) is 12.9. The van der Waals surface area contributed by atoms with Crippen molar-refractivity contribution >= 4 is 23.4 Å². The monoisotopic (exact) mass is 492 g/mol. The Labute approximate surface area is 212 Å². The van der Waals surface area contributed by atoms with Gasteiger partial charge in [-0.25, -0.2) is 9.97 Å². The van der Waals surface area contributed by atoms with Gasteiger partial charge in [-0.05, 0) is 63.8 Å². The Balaban J connectivity index is 1.52. The molecular weight excluding hydrogens is 456 g/mol. The molecule has 1 aromatic heterocycles. The lowest BCUT2D eigenvalue weighted by atomic mass is 9.83. The molecule has 3 amide bonds. The average Bonchev–Trinajstić information content (AvgIpc) is 3.42. The van der Waals surface area contributed by atoms with Crippen LogP contribution < -0.4 is 16.0 Å². The Morgan fingerprint density at radius 1 is 0.972 bits per heavy atom. The number of benzene rings is 1. The summed E-state index contributed by atoms with van der Waals surface area (Å²) in [7, 11) is 1.72. The number of aromatic nitrogens is 2. The van der Waals surface area contributed by atoms with Gasteiger partial charge >= 0.3 is 0 Å². The van der Waals surface area contributed by atoms with Crippen LogP contribution in [0.5, 0.6) is 0 Å². The number of likely N-dealkylation sites (tertiary alicyclic amines) is 1. The fourth-order valence-electron chi connectivity index (χ4n) is 5.18. The Bertz CT molecular complexity index is 1060. The summed E-state index contributed by atoms with van der Waals surface area (Å²) in [5.74, 6) is 0.0156. The third-order valence-corrected chi connectivity index (χ3v) is 7.34. The summed E-state index contributed by atoms with van der Waals surface area (Å²) in [6.45, 7) is 2.28. The minimum atomic E-state index is -0.619. The molecule has 0 spiro atoms. The number of likely N-dealkylation sites (N-methyl/N-ethyl adjacent to an activating group) is 1. The fourth-order valence-corrected chi connectivity index (χ4v) is 5.18. The maximum Gasteiger partial charge on any atom is 0.247 e. The molecule has 9 nitrogen and oxygen atoms in total. The van der Waals surface area contributed by atoms with Crippen molar-refractivity contribution in [2.45, 2.75) is 70.0 Å². The summed E-state index contributed by atoms with van der Waals surface area (Å²) in [6, 6.07) is 7.52. The van der Waals surface area contributed by atoms with Gasteiger partial charge in [-0.3, -0.25) is 14.4 Å². The maximum absolute atomic E-state index is 13.8. The van der Waals surface area contributed by atoms with E-state index in [9.17, 15) is 14.4 Å². The SMILES string of the molecule is CN[C@@H](C)C(=O)N[C@H](C(=O)N1CCC[C@H]1C(=O)Nc1ccccc1-c1ncccn1)C1CCCCC1. The predicted octanol–water partition coefficient (Wildman–Crippen LogP) is 2.75. The van der Waals surface area contributed by atoms with Gasteiger partial charge in [0.1, 0.15) is 12.1 Å². The predicted molar refractivity (Wildman–Crippen MR) is 138 cm³/mol. The highest BCUT2D eigenvalue weighted by atomic mass is 16.2. The Morgan fingerprint density at radius 3 is 2.42 bits per heavy atom. The highest BCUT2D eigenvalue weighted by Crippen LogP contribution is 2.30. The number of nitrogens with zero attached hydrogens (tertiary/aromatic N) is 3. The van der Waals surface area contributed by atoms with Crippen LogP contribution in [0.3, 0.4) is 0 Å². The van der Waals surface area contributed by atoms with Crippen molar-refractivity contribution in [3.8, 4) is 11.4 Å². The topological polar surface area (TPSA) is 116 Å². The van der Waals surface area contributed by atoms with E-state index in [-0.39, 0.29) is 23.6 Å². The summed E-state index contributed by atoms with van der Waals surface area (Å²) in [5.41, 5.74) is 1.32. The number of hydrogen-bond donors (Lipinski definition) is 3. The van der Waals surface area contributed by atoms with E-state index < -0.39 is 18.1 Å². The molecule has 2 heterocycles. The standard InChI is InChI=1S/C27H36N6O3/c1-18(28-2)25(34)32-23(19-10-4-3-5-11-19)27(36)33-17-8-14-22(33)26(35)31-21-13-7-6-12-20(21)24-29-15-9-16-30-24/h6-7,9,12-13,15-16,18-19,22-23,28H,3-5,8,10-11,14,17H2,1-2H3,(H,31,35)(H,32,34)/t18-,22-,23-/m0/s1. The van der Waals surface area contributed by atoms with E-state index in [4.69, 9.17) is 0 Å². The smallest absolute Gasteiger partial charge is 0.247 e. The van der Waals surface area contributed by atoms with Crippen molar-refractivity contribution in [1.29, 1.82) is 0 Å². The molecule has 0 radical (unpaired) electrons. The minimum absolute atomic E-state index is 0.0829. The number of carbonyl (C=O) groups is 3. The van der Waals surface area contributed by atoms with Crippen molar-refractivity contribution in [3.63, 3.8) is 0 Å². The van der Waals surface area contributed by atoms with Gasteiger partial charge in [0.15, 0.2) is 5.82 Å². The molecule has 2 aromatic rings. The summed E-state index contributed by atoms with van der Waals surface area (Å²) in [6.07, 6.45) is 9.70. The third-order valence-electron chi connectivity index (χ3n) is 7.34. The van der Waals surface area contributed by atoms with E-state index in [1.165, 1.54) is 0 Å². The molecule has 0 bridgehead atoms. The summed E-state index contributed by atoms with van der Waals surface area (Å²) in [5, 5.41) is 8.97. The lowest BCUT2D eigenvalue weighted by Crippen LogP contribution is -2.57. The lowest BCUT2D eigenvalue weighted by Gasteiger charge is -2.35. The quantitative estimate of drug-likeness (QED) is 0.522. The zero-order valence-corrected chi connectivity index (χ0v) is 21.1. The second-order valence-electron chi connectivity index (χ2n) is 9.69. The van der Waals surface area contributed by atoms with Crippen LogP contribution in [0.1, 0.15) is 51.9 Å². The van der Waals surface area contributed by atoms with E-state index in [0.717, 1.165) is 44.1 Å². The molecule has 0 unspecified atom stereocenters. The van der Waals surface area contributed by atoms with Crippen LogP contribution in [0.2, 0.25) is 0 Å². The second-order valence-corrected chi connectivity index (χ2v) is 9.69. The van der Waals surface area contributed by atoms with Crippen molar-refractivity contribution < 1.29 is 14.4 Å². The van der Waals surface area contributed by atoms with Gasteiger partial charge in [0.05, 0.1) is 11.7 Å². The van der Waals surface area contributed by atoms with Gasteiger partial charge < -0.3 is 20.9 Å². The maximum atomic E-state index is 13.8. The second kappa shape index (κ2) is 12.1. The molecular formula is C27H36N6O3. The van der Waals surface area contributed by atoms with Crippen molar-refractivity contribution in [2.24, 2.45) is 5.92 Å². The number of rotatable bonds is 8. The van der Waals surface area contributed by atoms with Gasteiger partial charge in [0.2, 0.25) is 17.7 Å². The Morgan fingerprint density at radius 2 is 1.69 bits per heavy atom. The van der Waals surface area contributed by atoms with E-state index in [1.807, 2.05) is 24.3 Å². The molecule has 4 rings (SSSR count). The van der Waals surface area contributed by atoms with Crippen LogP contribution in [0.25, 0.3) is 11.4 Å². The first-order chi connectivity index (χ1) is 17.5. The molecule has 1 aliphatic carbocycles. The zero-order valence-electron chi connectivity index (χ0n) is 21.1. The molecule has 3 atom stereocenters. The summed E-state index contributed by atoms with van der Waals surface area (Å²) >= 11 is 0. The third kappa shape index (κ3) is 5.90. The molecule has 36 heavy (non-hydrogen) atoms. The Kier molecular flexibility index (Phi) is 8.64. The van der Waals surface area contributed by atoms with Gasteiger partial charge in [-0.15, -0.1) is 0 Å². The molecule has 1 saturated carbocycles. The molecule has 3 N–H and O–H groups in total. The zero-order chi connectivity index (χ0) is 25.5. The van der Waals surface area contributed by atoms with Crippen molar-refractivity contribution in [1.82, 2.24) is 25.5 Å². The van der Waals surface area contributed by atoms with E-state index in [2.05, 4.69) is 25.9 Å². The average molecular weight is 493 g/mol. The number of nitrogens with one attached hydrogen (secondary N) is 3. The Hall–Kier alpha value is -3.33. The van der Waals surface area contributed by atoms with Crippen LogP contribution >= 0.6 is 0 Å². The highest BCUT2D eigenvalue weighted by Gasteiger charge is 2.41. The number of anilines is 1. The molecule has 1 aromatic carbocycles. The number of carbonyl (C=O) groups excluding carboxylic acids is 3. The van der Waals surface area contributed by atoms with Gasteiger partial charge in [-0.1, -0.05) is 31.4 Å². The largest absolute Gasteiger partial charge is 0.343 e. The molecule has 9 heteroatoms. The number of para-hydroxylation sites is 1. The fraction of sp³-hybridized carbons (Fsp3) is 0.519. The minimum Gasteiger partial charge on any atom is -0.343 e. The van der Waals surface area contributed by atoms with E-state index >= 15 is 0 Å². The molecule has 1 aliphatic heterocycles. The van der Waals surface area contributed by atoms with Crippen LogP contribution in [0, 0.1) is 5.92 Å². The first kappa shape index (κ1) is 25.8. The lowest BCUT2D eigenvalue weighted by molar-refractivity contribution is -0.142. The number of hydrogen-bond acceptors (Lipinski definition) is 6. The van der Waals surface area contributed by atoms with Gasteiger partial charge in [-0.2, -0.15) is 0 Å². The van der Waals surface area contributed by atoms with Crippen LogP contribution in [-0.2, 0) is 14.4 Å². The van der Waals surface area contributed by atoms with E-state index in [0.29, 0.717) is 24.5 Å². The van der Waals surface area contributed by atoms with E-state index in [1.54, 1.807) is 37.3 Å². The molecule has 2 fully saturated rings. The van der Waals surface area contributed by atoms with Crippen LogP contribution in [0.4, 0.5) is 5.69 Å². The normalized spacial score (nSPS) is 19.9. The van der Waals surface area contributed by atoms with Crippen molar-refractivity contribution in [2.75, 3.05) is 18.9 Å². The van der Waals surface area contributed by atoms with Gasteiger partial charge in [0.25, 0.3) is 0 Å². The van der Waals surface area contributed by atoms with Gasteiger partial charge in [0, 0.05) is 24.5 Å². The van der Waals surface area contributed by atoms with Crippen LogP contribution in [0.15, 0.2) is 42.7 Å². The summed E-state index contributed by atoms with van der Waals surface area (Å²) in [4.78, 5) is 50.3. The number of amides is 3.